The fraction of sp³-hybridized carbons (Fsp3) is 0.250. The Morgan fingerprint density at radius 1 is 1.47 bits per heavy atom. The molecule has 0 bridgehead atoms. The summed E-state index contributed by atoms with van der Waals surface area (Å²) in [4.78, 5) is 36.9. The first-order valence-corrected chi connectivity index (χ1v) is 3.87. The fourth-order valence-corrected chi connectivity index (χ4v) is 1.05. The molecule has 1 saturated heterocycles. The van der Waals surface area contributed by atoms with Crippen LogP contribution in [0.1, 0.15) is 0 Å². The van der Waals surface area contributed by atoms with Gasteiger partial charge < -0.3 is 10.3 Å². The summed E-state index contributed by atoms with van der Waals surface area (Å²) in [5.74, 6) is -2.28. The van der Waals surface area contributed by atoms with Crippen LogP contribution in [0.2, 0.25) is 0 Å². The van der Waals surface area contributed by atoms with Gasteiger partial charge in [0.25, 0.3) is 5.91 Å². The minimum atomic E-state index is -0.803. The molecule has 78 valence electrons. The monoisotopic (exact) mass is 209 g/mol. The van der Waals surface area contributed by atoms with Crippen LogP contribution in [0, 0.1) is 0 Å². The zero-order valence-electron chi connectivity index (χ0n) is 8.05. The van der Waals surface area contributed by atoms with Crippen LogP contribution >= 0.6 is 0 Å². The summed E-state index contributed by atoms with van der Waals surface area (Å²) in [5.41, 5.74) is 7.78. The number of esters is 1. The van der Waals surface area contributed by atoms with Gasteiger partial charge in [0.15, 0.2) is 0 Å². The molecule has 0 aromatic carbocycles. The number of carbonyl (C=O) groups is 3. The van der Waals surface area contributed by atoms with E-state index in [9.17, 15) is 14.4 Å². The number of ether oxygens (including phenoxy) is 1. The molecule has 0 saturated carbocycles. The summed E-state index contributed by atoms with van der Waals surface area (Å²) < 4.78 is 4.29. The van der Waals surface area contributed by atoms with Crippen molar-refractivity contribution in [2.24, 2.45) is 0 Å². The SMILES string of the molecule is COC(=O)/C=C1\C(=O)N(C)C(=O)C1=[N+]=[N-]. The van der Waals surface area contributed by atoms with Crippen molar-refractivity contribution in [3.05, 3.63) is 17.2 Å². The third kappa shape index (κ3) is 1.68. The van der Waals surface area contributed by atoms with Crippen LogP contribution in [0.5, 0.6) is 0 Å². The second-order valence-corrected chi connectivity index (χ2v) is 2.70. The first-order valence-electron chi connectivity index (χ1n) is 3.87. The van der Waals surface area contributed by atoms with Crippen molar-refractivity contribution in [1.82, 2.24) is 4.90 Å². The van der Waals surface area contributed by atoms with Crippen LogP contribution in [0.15, 0.2) is 11.6 Å². The number of methoxy groups -OCH3 is 1. The lowest BCUT2D eigenvalue weighted by molar-refractivity contribution is -0.137. The maximum absolute atomic E-state index is 11.4. The molecule has 0 N–H and O–H groups in total. The third-order valence-electron chi connectivity index (χ3n) is 1.86. The van der Waals surface area contributed by atoms with Crippen molar-refractivity contribution in [3.8, 4) is 0 Å². The van der Waals surface area contributed by atoms with E-state index in [1.807, 2.05) is 0 Å². The minimum Gasteiger partial charge on any atom is -0.466 e. The average molecular weight is 209 g/mol. The fourth-order valence-electron chi connectivity index (χ4n) is 1.05. The molecule has 1 aliphatic heterocycles. The third-order valence-corrected chi connectivity index (χ3v) is 1.86. The summed E-state index contributed by atoms with van der Waals surface area (Å²) in [6, 6.07) is 0. The molecule has 0 aromatic rings. The molecule has 1 heterocycles. The van der Waals surface area contributed by atoms with Gasteiger partial charge in [-0.3, -0.25) is 14.5 Å². The number of hydrogen-bond acceptors (Lipinski definition) is 4. The topological polar surface area (TPSA) is 100 Å². The van der Waals surface area contributed by atoms with Crippen molar-refractivity contribution >= 4 is 23.5 Å². The number of nitrogens with zero attached hydrogens (tertiary/aromatic N) is 3. The van der Waals surface area contributed by atoms with Gasteiger partial charge in [0.2, 0.25) is 0 Å². The quantitative estimate of drug-likeness (QED) is 0.177. The molecule has 7 nitrogen and oxygen atoms in total. The van der Waals surface area contributed by atoms with E-state index in [4.69, 9.17) is 5.53 Å². The number of rotatable bonds is 1. The van der Waals surface area contributed by atoms with Crippen molar-refractivity contribution in [2.45, 2.75) is 0 Å². The van der Waals surface area contributed by atoms with Gasteiger partial charge in [-0.1, -0.05) is 0 Å². The number of amides is 2. The second kappa shape index (κ2) is 3.85. The zero-order chi connectivity index (χ0) is 11.6. The smallest absolute Gasteiger partial charge is 0.392 e. The summed E-state index contributed by atoms with van der Waals surface area (Å²) in [6.07, 6.45) is 0.804. The Labute approximate surface area is 84.5 Å². The standard InChI is InChI=1S/C8H7N3O4/c1-11-7(13)4(3-5(12)15-2)6(10-9)8(11)14/h3H,1-2H3/b4-3-. The van der Waals surface area contributed by atoms with Gasteiger partial charge >= 0.3 is 17.6 Å². The van der Waals surface area contributed by atoms with Gasteiger partial charge in [0.05, 0.1) is 7.11 Å². The maximum atomic E-state index is 11.4. The molecule has 0 aromatic heterocycles. The van der Waals surface area contributed by atoms with E-state index in [0.29, 0.717) is 0 Å². The van der Waals surface area contributed by atoms with Crippen LogP contribution in [-0.2, 0) is 19.1 Å². The predicted molar refractivity (Wildman–Crippen MR) is 46.5 cm³/mol. The van der Waals surface area contributed by atoms with Crippen LogP contribution in [0.25, 0.3) is 5.53 Å². The Bertz CT molecular complexity index is 431. The van der Waals surface area contributed by atoms with Crippen LogP contribution in [0.3, 0.4) is 0 Å². The van der Waals surface area contributed by atoms with E-state index < -0.39 is 23.5 Å². The van der Waals surface area contributed by atoms with Crippen LogP contribution in [0.4, 0.5) is 0 Å². The number of hydrogen-bond donors (Lipinski definition) is 0. The van der Waals surface area contributed by atoms with Gasteiger partial charge in [0, 0.05) is 13.1 Å². The Hall–Kier alpha value is -2.27. The molecule has 0 radical (unpaired) electrons. The van der Waals surface area contributed by atoms with Gasteiger partial charge in [-0.2, -0.15) is 4.79 Å². The molecule has 1 fully saturated rings. The Morgan fingerprint density at radius 2 is 2.07 bits per heavy atom. The molecular weight excluding hydrogens is 202 g/mol. The largest absolute Gasteiger partial charge is 0.466 e. The number of carbonyl (C=O) groups excluding carboxylic acids is 3. The molecule has 1 rings (SSSR count). The van der Waals surface area contributed by atoms with E-state index in [-0.39, 0.29) is 5.57 Å². The normalized spacial score (nSPS) is 18.4. The molecule has 0 unspecified atom stereocenters. The minimum absolute atomic E-state index is 0.281. The lowest BCUT2D eigenvalue weighted by atomic mass is 10.2. The van der Waals surface area contributed by atoms with Crippen LogP contribution in [-0.4, -0.2) is 47.3 Å². The van der Waals surface area contributed by atoms with E-state index >= 15 is 0 Å². The van der Waals surface area contributed by atoms with Crippen molar-refractivity contribution < 1.29 is 23.9 Å². The Kier molecular flexibility index (Phi) is 2.77. The zero-order valence-corrected chi connectivity index (χ0v) is 8.05. The lowest BCUT2D eigenvalue weighted by Gasteiger charge is -1.99. The van der Waals surface area contributed by atoms with Crippen molar-refractivity contribution in [3.63, 3.8) is 0 Å². The summed E-state index contributed by atoms with van der Waals surface area (Å²) in [5, 5.41) is 0. The predicted octanol–water partition coefficient (Wildman–Crippen LogP) is -1.24. The summed E-state index contributed by atoms with van der Waals surface area (Å²) in [7, 11) is 2.34. The molecule has 0 spiro atoms. The van der Waals surface area contributed by atoms with Gasteiger partial charge in [-0.15, -0.1) is 0 Å². The molecule has 2 amide bonds. The second-order valence-electron chi connectivity index (χ2n) is 2.70. The van der Waals surface area contributed by atoms with Crippen molar-refractivity contribution in [2.75, 3.05) is 14.2 Å². The summed E-state index contributed by atoms with van der Waals surface area (Å²) >= 11 is 0. The Balaban J connectivity index is 3.25. The molecule has 15 heavy (non-hydrogen) atoms. The molecule has 0 aliphatic carbocycles. The van der Waals surface area contributed by atoms with E-state index in [1.165, 1.54) is 7.05 Å². The summed E-state index contributed by atoms with van der Waals surface area (Å²) in [6.45, 7) is 0. The highest BCUT2D eigenvalue weighted by atomic mass is 16.5. The average Bonchev–Trinajstić information content (AvgIpc) is 2.43. The van der Waals surface area contributed by atoms with E-state index in [0.717, 1.165) is 18.1 Å². The highest BCUT2D eigenvalue weighted by Gasteiger charge is 2.45. The van der Waals surface area contributed by atoms with E-state index in [1.54, 1.807) is 0 Å². The lowest BCUT2D eigenvalue weighted by Crippen LogP contribution is -2.26. The van der Waals surface area contributed by atoms with Gasteiger partial charge in [-0.25, -0.2) is 4.79 Å². The molecular formula is C8H7N3O4. The molecule has 1 aliphatic rings. The highest BCUT2D eigenvalue weighted by molar-refractivity contribution is 6.57. The number of imide groups is 1. The molecule has 0 atom stereocenters. The first kappa shape index (κ1) is 10.8. The number of likely N-dealkylation sites (tertiary alicyclic amines) is 1. The highest BCUT2D eigenvalue weighted by Crippen LogP contribution is 2.13. The maximum Gasteiger partial charge on any atom is 0.392 e. The van der Waals surface area contributed by atoms with Crippen molar-refractivity contribution in [1.29, 1.82) is 0 Å². The molecule has 7 heteroatoms. The van der Waals surface area contributed by atoms with Gasteiger partial charge in [0.1, 0.15) is 5.57 Å². The number of likely N-dealkylation sites (N-methyl/N-ethyl adjacent to an activating group) is 1. The van der Waals surface area contributed by atoms with Gasteiger partial charge in [-0.05, 0) is 0 Å². The van der Waals surface area contributed by atoms with E-state index in [2.05, 4.69) is 9.53 Å². The van der Waals surface area contributed by atoms with Crippen LogP contribution < -0.4 is 0 Å². The Morgan fingerprint density at radius 3 is 2.53 bits per heavy atom. The first-order chi connectivity index (χ1) is 7.02.